The van der Waals surface area contributed by atoms with Crippen LogP contribution in [0.15, 0.2) is 0 Å². The molecule has 0 aliphatic heterocycles. The predicted molar refractivity (Wildman–Crippen MR) is 54.4 cm³/mol. The van der Waals surface area contributed by atoms with E-state index in [-0.39, 0.29) is 5.54 Å². The van der Waals surface area contributed by atoms with E-state index in [1.165, 1.54) is 6.42 Å². The largest absolute Gasteiger partial charge is 0.368 e. The van der Waals surface area contributed by atoms with Crippen LogP contribution in [0.1, 0.15) is 37.9 Å². The van der Waals surface area contributed by atoms with Crippen molar-refractivity contribution in [1.82, 2.24) is 14.8 Å². The Kier molecular flexibility index (Phi) is 2.19. The first-order valence-corrected chi connectivity index (χ1v) is 5.08. The number of nitrogens with two attached hydrogens (primary N) is 2. The van der Waals surface area contributed by atoms with Crippen LogP contribution < -0.4 is 11.5 Å². The molecule has 0 bridgehead atoms. The normalized spacial score (nSPS) is 21.0. The Bertz CT molecular complexity index is 304. The molecule has 1 aromatic rings. The molecule has 2 rings (SSSR count). The Labute approximate surface area is 83.5 Å². The molecular formula is C9H17N5. The van der Waals surface area contributed by atoms with Gasteiger partial charge in [0.2, 0.25) is 5.95 Å². The first-order valence-electron chi connectivity index (χ1n) is 5.08. The molecule has 1 aliphatic carbocycles. The van der Waals surface area contributed by atoms with Crippen LogP contribution >= 0.6 is 0 Å². The average Bonchev–Trinajstić information content (AvgIpc) is 2.49. The molecule has 0 atom stereocenters. The van der Waals surface area contributed by atoms with Gasteiger partial charge in [0.1, 0.15) is 0 Å². The van der Waals surface area contributed by atoms with Crippen molar-refractivity contribution >= 4 is 5.95 Å². The fourth-order valence-electron chi connectivity index (χ4n) is 2.01. The summed E-state index contributed by atoms with van der Waals surface area (Å²) in [4.78, 5) is 4.21. The Morgan fingerprint density at radius 3 is 2.43 bits per heavy atom. The summed E-state index contributed by atoms with van der Waals surface area (Å²) in [6.07, 6.45) is 5.53. The first kappa shape index (κ1) is 9.45. The zero-order chi connectivity index (χ0) is 10.2. The molecule has 1 saturated carbocycles. The lowest BCUT2D eigenvalue weighted by Crippen LogP contribution is -2.39. The first-order chi connectivity index (χ1) is 6.62. The van der Waals surface area contributed by atoms with Crippen LogP contribution in [-0.4, -0.2) is 14.8 Å². The maximum absolute atomic E-state index is 6.27. The molecule has 1 aliphatic rings. The lowest BCUT2D eigenvalue weighted by atomic mass is 9.82. The van der Waals surface area contributed by atoms with Crippen molar-refractivity contribution in [3.8, 4) is 0 Å². The van der Waals surface area contributed by atoms with Crippen LogP contribution in [0.5, 0.6) is 0 Å². The van der Waals surface area contributed by atoms with Gasteiger partial charge in [0, 0.05) is 7.05 Å². The van der Waals surface area contributed by atoms with Gasteiger partial charge in [-0.25, -0.2) is 4.68 Å². The smallest absolute Gasteiger partial charge is 0.218 e. The standard InChI is InChI=1S/C9H17N5/c1-14-8(10)12-7(13-14)9(11)5-3-2-4-6-9/h2-6,11H2,1H3,(H2,10,12,13). The molecular weight excluding hydrogens is 178 g/mol. The highest BCUT2D eigenvalue weighted by Crippen LogP contribution is 2.32. The maximum Gasteiger partial charge on any atom is 0.218 e. The molecule has 1 aromatic heterocycles. The van der Waals surface area contributed by atoms with Gasteiger partial charge >= 0.3 is 0 Å². The summed E-state index contributed by atoms with van der Waals surface area (Å²) in [5, 5.41) is 4.26. The van der Waals surface area contributed by atoms with E-state index in [9.17, 15) is 0 Å². The third kappa shape index (κ3) is 1.48. The van der Waals surface area contributed by atoms with Crippen molar-refractivity contribution in [2.75, 3.05) is 5.73 Å². The van der Waals surface area contributed by atoms with Gasteiger partial charge in [-0.15, -0.1) is 0 Å². The summed E-state index contributed by atoms with van der Waals surface area (Å²) in [5.41, 5.74) is 11.6. The van der Waals surface area contributed by atoms with E-state index < -0.39 is 0 Å². The minimum absolute atomic E-state index is 0.340. The summed E-state index contributed by atoms with van der Waals surface area (Å²) in [7, 11) is 1.79. The molecule has 0 unspecified atom stereocenters. The predicted octanol–water partition coefficient (Wildman–Crippen LogP) is 0.515. The minimum atomic E-state index is -0.340. The van der Waals surface area contributed by atoms with Crippen molar-refractivity contribution in [3.63, 3.8) is 0 Å². The molecule has 78 valence electrons. The van der Waals surface area contributed by atoms with Gasteiger partial charge in [-0.1, -0.05) is 19.3 Å². The van der Waals surface area contributed by atoms with E-state index in [0.717, 1.165) is 25.7 Å². The molecule has 1 heterocycles. The Morgan fingerprint density at radius 2 is 1.93 bits per heavy atom. The SMILES string of the molecule is Cn1nc(C2(N)CCCCC2)nc1N. The van der Waals surface area contributed by atoms with E-state index in [2.05, 4.69) is 10.1 Å². The van der Waals surface area contributed by atoms with Gasteiger partial charge in [0.15, 0.2) is 5.82 Å². The Hall–Kier alpha value is -1.10. The monoisotopic (exact) mass is 195 g/mol. The zero-order valence-corrected chi connectivity index (χ0v) is 8.53. The van der Waals surface area contributed by atoms with Crippen LogP contribution in [0.4, 0.5) is 5.95 Å². The van der Waals surface area contributed by atoms with E-state index in [4.69, 9.17) is 11.5 Å². The summed E-state index contributed by atoms with van der Waals surface area (Å²) in [6, 6.07) is 0. The second kappa shape index (κ2) is 3.24. The molecule has 0 aromatic carbocycles. The van der Waals surface area contributed by atoms with Gasteiger partial charge in [-0.2, -0.15) is 10.1 Å². The van der Waals surface area contributed by atoms with Gasteiger partial charge in [0.25, 0.3) is 0 Å². The van der Waals surface area contributed by atoms with E-state index >= 15 is 0 Å². The Morgan fingerprint density at radius 1 is 1.29 bits per heavy atom. The number of nitrogens with zero attached hydrogens (tertiary/aromatic N) is 3. The van der Waals surface area contributed by atoms with Gasteiger partial charge in [-0.3, -0.25) is 0 Å². The molecule has 0 radical (unpaired) electrons. The fourth-order valence-corrected chi connectivity index (χ4v) is 2.01. The highest BCUT2D eigenvalue weighted by atomic mass is 15.4. The summed E-state index contributed by atoms with van der Waals surface area (Å²) < 4.78 is 1.58. The number of aryl methyl sites for hydroxylation is 1. The number of hydrogen-bond donors (Lipinski definition) is 2. The van der Waals surface area contributed by atoms with Gasteiger partial charge in [-0.05, 0) is 12.8 Å². The van der Waals surface area contributed by atoms with Crippen molar-refractivity contribution in [3.05, 3.63) is 5.82 Å². The Balaban J connectivity index is 2.28. The number of aromatic nitrogens is 3. The molecule has 14 heavy (non-hydrogen) atoms. The molecule has 5 heteroatoms. The van der Waals surface area contributed by atoms with E-state index in [1.807, 2.05) is 0 Å². The third-order valence-electron chi connectivity index (χ3n) is 2.99. The number of hydrogen-bond acceptors (Lipinski definition) is 4. The highest BCUT2D eigenvalue weighted by Gasteiger charge is 2.33. The van der Waals surface area contributed by atoms with Crippen molar-refractivity contribution < 1.29 is 0 Å². The van der Waals surface area contributed by atoms with Crippen LogP contribution in [0.2, 0.25) is 0 Å². The maximum atomic E-state index is 6.27. The fraction of sp³-hybridized carbons (Fsp3) is 0.778. The second-order valence-corrected chi connectivity index (χ2v) is 4.13. The molecule has 1 fully saturated rings. The lowest BCUT2D eigenvalue weighted by molar-refractivity contribution is 0.286. The van der Waals surface area contributed by atoms with Crippen LogP contribution in [0, 0.1) is 0 Å². The lowest BCUT2D eigenvalue weighted by Gasteiger charge is -2.30. The number of rotatable bonds is 1. The average molecular weight is 195 g/mol. The minimum Gasteiger partial charge on any atom is -0.368 e. The van der Waals surface area contributed by atoms with Crippen molar-refractivity contribution in [2.45, 2.75) is 37.6 Å². The molecule has 0 spiro atoms. The molecule has 4 N–H and O–H groups in total. The summed E-state index contributed by atoms with van der Waals surface area (Å²) >= 11 is 0. The molecule has 0 amide bonds. The number of anilines is 1. The van der Waals surface area contributed by atoms with E-state index in [1.54, 1.807) is 11.7 Å². The van der Waals surface area contributed by atoms with Gasteiger partial charge < -0.3 is 11.5 Å². The summed E-state index contributed by atoms with van der Waals surface area (Å²) in [6.45, 7) is 0. The topological polar surface area (TPSA) is 82.8 Å². The van der Waals surface area contributed by atoms with Crippen molar-refractivity contribution in [2.24, 2.45) is 12.8 Å². The zero-order valence-electron chi connectivity index (χ0n) is 8.53. The van der Waals surface area contributed by atoms with Gasteiger partial charge in [0.05, 0.1) is 5.54 Å². The van der Waals surface area contributed by atoms with Crippen LogP contribution in [0.25, 0.3) is 0 Å². The second-order valence-electron chi connectivity index (χ2n) is 4.13. The highest BCUT2D eigenvalue weighted by molar-refractivity contribution is 5.19. The molecule has 5 nitrogen and oxygen atoms in total. The third-order valence-corrected chi connectivity index (χ3v) is 2.99. The van der Waals surface area contributed by atoms with E-state index in [0.29, 0.717) is 11.8 Å². The van der Waals surface area contributed by atoms with Crippen molar-refractivity contribution in [1.29, 1.82) is 0 Å². The quantitative estimate of drug-likeness (QED) is 0.684. The number of nitrogen functional groups attached to an aromatic ring is 1. The van der Waals surface area contributed by atoms with Crippen LogP contribution in [0.3, 0.4) is 0 Å². The molecule has 0 saturated heterocycles. The van der Waals surface area contributed by atoms with Crippen LogP contribution in [-0.2, 0) is 12.6 Å². The summed E-state index contributed by atoms with van der Waals surface area (Å²) in [5.74, 6) is 1.15.